The Bertz CT molecular complexity index is 1490. The van der Waals surface area contributed by atoms with Gasteiger partial charge in [-0.05, 0) is 58.4 Å². The maximum absolute atomic E-state index is 2.38. The average molecular weight is 541 g/mol. The van der Waals surface area contributed by atoms with Gasteiger partial charge in [-0.3, -0.25) is 0 Å². The number of allylic oxidation sites excluding steroid dienone is 12. The molecule has 4 aromatic carbocycles. The van der Waals surface area contributed by atoms with Crippen LogP contribution in [0.15, 0.2) is 193 Å². The molecule has 2 aliphatic carbocycles. The van der Waals surface area contributed by atoms with E-state index < -0.39 is 0 Å². The maximum Gasteiger partial charge on any atom is 0.0229 e. The summed E-state index contributed by atoms with van der Waals surface area (Å²) in [6, 6.07) is 42.7. The molecule has 0 aromatic heterocycles. The van der Waals surface area contributed by atoms with Crippen molar-refractivity contribution in [3.63, 3.8) is 0 Å². The molecule has 0 saturated carbocycles. The van der Waals surface area contributed by atoms with Crippen molar-refractivity contribution in [3.8, 4) is 0 Å². The molecule has 6 rings (SSSR count). The normalized spacial score (nSPS) is 20.8. The minimum atomic E-state index is -0.190. The van der Waals surface area contributed by atoms with Crippen molar-refractivity contribution in [1.29, 1.82) is 0 Å². The molecule has 0 heteroatoms. The van der Waals surface area contributed by atoms with Crippen LogP contribution in [0.1, 0.15) is 36.1 Å². The van der Waals surface area contributed by atoms with Gasteiger partial charge < -0.3 is 0 Å². The topological polar surface area (TPSA) is 0 Å². The molecular formula is C42H36. The first-order valence-corrected chi connectivity index (χ1v) is 14.7. The van der Waals surface area contributed by atoms with Crippen molar-refractivity contribution in [1.82, 2.24) is 0 Å². The van der Waals surface area contributed by atoms with Gasteiger partial charge in [-0.15, -0.1) is 0 Å². The van der Waals surface area contributed by atoms with E-state index in [4.69, 9.17) is 0 Å². The monoisotopic (exact) mass is 540 g/mol. The molecule has 42 heavy (non-hydrogen) atoms. The highest BCUT2D eigenvalue weighted by molar-refractivity contribution is 5.82. The van der Waals surface area contributed by atoms with Crippen LogP contribution in [0.5, 0.6) is 0 Å². The Labute approximate surface area is 250 Å². The molecule has 0 atom stereocenters. The summed E-state index contributed by atoms with van der Waals surface area (Å²) >= 11 is 0. The summed E-state index contributed by atoms with van der Waals surface area (Å²) in [5.41, 5.74) is 9.49. The Morgan fingerprint density at radius 2 is 0.619 bits per heavy atom. The fourth-order valence-electron chi connectivity index (χ4n) is 5.64. The Hall–Kier alpha value is -4.94. The second-order valence-corrected chi connectivity index (χ2v) is 11.6. The summed E-state index contributed by atoms with van der Waals surface area (Å²) in [7, 11) is 0. The van der Waals surface area contributed by atoms with Crippen LogP contribution in [0.4, 0.5) is 0 Å². The molecule has 0 aliphatic heterocycles. The van der Waals surface area contributed by atoms with E-state index >= 15 is 0 Å². The SMILES string of the molecule is CC1(C=C(c2ccccc2)c2ccccc2)C=CC(=C2C=CC(C)(C=C(c3ccccc3)c3ccccc3)C=C2)C=C1. The van der Waals surface area contributed by atoms with Crippen LogP contribution in [-0.2, 0) is 0 Å². The summed E-state index contributed by atoms with van der Waals surface area (Å²) in [6.07, 6.45) is 23.1. The Morgan fingerprint density at radius 3 is 0.857 bits per heavy atom. The molecule has 2 aliphatic rings. The number of hydrogen-bond donors (Lipinski definition) is 0. The molecule has 0 bridgehead atoms. The van der Waals surface area contributed by atoms with Crippen molar-refractivity contribution < 1.29 is 0 Å². The highest BCUT2D eigenvalue weighted by atomic mass is 14.3. The quantitative estimate of drug-likeness (QED) is 0.228. The molecule has 0 nitrogen and oxygen atoms in total. The van der Waals surface area contributed by atoms with Gasteiger partial charge in [-0.25, -0.2) is 0 Å². The molecule has 0 radical (unpaired) electrons. The molecule has 0 saturated heterocycles. The van der Waals surface area contributed by atoms with Crippen LogP contribution in [0.2, 0.25) is 0 Å². The summed E-state index contributed by atoms with van der Waals surface area (Å²) in [4.78, 5) is 0. The van der Waals surface area contributed by atoms with Crippen molar-refractivity contribution in [2.45, 2.75) is 13.8 Å². The molecule has 4 aromatic rings. The molecule has 204 valence electrons. The molecular weight excluding hydrogens is 504 g/mol. The van der Waals surface area contributed by atoms with Gasteiger partial charge >= 0.3 is 0 Å². The Balaban J connectivity index is 1.28. The van der Waals surface area contributed by atoms with Gasteiger partial charge in [0.05, 0.1) is 0 Å². The van der Waals surface area contributed by atoms with Crippen LogP contribution >= 0.6 is 0 Å². The van der Waals surface area contributed by atoms with Gasteiger partial charge in [0, 0.05) is 10.8 Å². The third kappa shape index (κ3) is 6.19. The molecule has 0 N–H and O–H groups in total. The van der Waals surface area contributed by atoms with E-state index in [0.717, 1.165) is 0 Å². The van der Waals surface area contributed by atoms with E-state index in [-0.39, 0.29) is 10.8 Å². The fourth-order valence-corrected chi connectivity index (χ4v) is 5.64. The maximum atomic E-state index is 2.38. The summed E-state index contributed by atoms with van der Waals surface area (Å²) in [5.74, 6) is 0. The highest BCUT2D eigenvalue weighted by Gasteiger charge is 2.23. The van der Waals surface area contributed by atoms with E-state index in [1.807, 2.05) is 0 Å². The largest absolute Gasteiger partial charge is 0.0704 e. The van der Waals surface area contributed by atoms with E-state index in [2.05, 4.69) is 196 Å². The highest BCUT2D eigenvalue weighted by Crippen LogP contribution is 2.38. The van der Waals surface area contributed by atoms with Gasteiger partial charge in [-0.1, -0.05) is 182 Å². The molecule has 0 heterocycles. The molecule has 0 unspecified atom stereocenters. The lowest BCUT2D eigenvalue weighted by Crippen LogP contribution is -2.12. The lowest BCUT2D eigenvalue weighted by molar-refractivity contribution is 0.708. The molecule has 0 spiro atoms. The second kappa shape index (κ2) is 11.9. The van der Waals surface area contributed by atoms with Gasteiger partial charge in [0.25, 0.3) is 0 Å². The Morgan fingerprint density at radius 1 is 0.381 bits per heavy atom. The van der Waals surface area contributed by atoms with Gasteiger partial charge in [0.15, 0.2) is 0 Å². The van der Waals surface area contributed by atoms with Crippen molar-refractivity contribution in [2.24, 2.45) is 10.8 Å². The number of rotatable bonds is 6. The van der Waals surface area contributed by atoms with E-state index in [1.165, 1.54) is 44.5 Å². The van der Waals surface area contributed by atoms with Crippen LogP contribution in [0, 0.1) is 10.8 Å². The Kier molecular flexibility index (Phi) is 7.71. The van der Waals surface area contributed by atoms with Gasteiger partial charge in [0.2, 0.25) is 0 Å². The zero-order valence-corrected chi connectivity index (χ0v) is 24.3. The van der Waals surface area contributed by atoms with Gasteiger partial charge in [-0.2, -0.15) is 0 Å². The van der Waals surface area contributed by atoms with Crippen LogP contribution in [0.25, 0.3) is 11.1 Å². The predicted molar refractivity (Wildman–Crippen MR) is 180 cm³/mol. The van der Waals surface area contributed by atoms with Gasteiger partial charge in [0.1, 0.15) is 0 Å². The van der Waals surface area contributed by atoms with E-state index in [9.17, 15) is 0 Å². The average Bonchev–Trinajstić information content (AvgIpc) is 3.05. The predicted octanol–water partition coefficient (Wildman–Crippen LogP) is 10.8. The van der Waals surface area contributed by atoms with E-state index in [0.29, 0.717) is 0 Å². The number of benzene rings is 4. The second-order valence-electron chi connectivity index (χ2n) is 11.6. The zero-order chi connectivity index (χ0) is 28.8. The van der Waals surface area contributed by atoms with Crippen molar-refractivity contribution in [2.75, 3.05) is 0 Å². The first-order chi connectivity index (χ1) is 20.5. The molecule has 0 fully saturated rings. The van der Waals surface area contributed by atoms with E-state index in [1.54, 1.807) is 0 Å². The molecule has 0 amide bonds. The third-order valence-electron chi connectivity index (χ3n) is 8.07. The summed E-state index contributed by atoms with van der Waals surface area (Å²) < 4.78 is 0. The first-order valence-electron chi connectivity index (χ1n) is 14.7. The smallest absolute Gasteiger partial charge is 0.0229 e. The fraction of sp³-hybridized carbons (Fsp3) is 0.0952. The lowest BCUT2D eigenvalue weighted by Gasteiger charge is -2.26. The summed E-state index contributed by atoms with van der Waals surface area (Å²) in [6.45, 7) is 4.55. The lowest BCUT2D eigenvalue weighted by atomic mass is 9.78. The van der Waals surface area contributed by atoms with Crippen molar-refractivity contribution in [3.05, 3.63) is 215 Å². The number of hydrogen-bond acceptors (Lipinski definition) is 0. The summed E-state index contributed by atoms with van der Waals surface area (Å²) in [5, 5.41) is 0. The minimum absolute atomic E-state index is 0.190. The van der Waals surface area contributed by atoms with Crippen LogP contribution in [-0.4, -0.2) is 0 Å². The van der Waals surface area contributed by atoms with Crippen molar-refractivity contribution >= 4 is 11.1 Å². The first kappa shape index (κ1) is 27.2. The van der Waals surface area contributed by atoms with Crippen LogP contribution < -0.4 is 0 Å². The van der Waals surface area contributed by atoms with Crippen LogP contribution in [0.3, 0.4) is 0 Å². The zero-order valence-electron chi connectivity index (χ0n) is 24.3. The minimum Gasteiger partial charge on any atom is -0.0704 e. The third-order valence-corrected chi connectivity index (χ3v) is 8.07. The standard InChI is InChI=1S/C42H36/c1-41(31-39(35-15-7-3-8-16-35)36-17-9-4-10-18-36)27-23-33(24-28-41)34-25-29-42(2,30-26-34)32-40(37-19-11-5-12-20-37)38-21-13-6-14-22-38/h3-32H,1-2H3.